The summed E-state index contributed by atoms with van der Waals surface area (Å²) in [5.74, 6) is 0. The topological polar surface area (TPSA) is 21.7 Å². The highest BCUT2D eigenvalue weighted by Gasteiger charge is 2.41. The highest BCUT2D eigenvalue weighted by molar-refractivity contribution is 6.88. The predicted octanol–water partition coefficient (Wildman–Crippen LogP) is 1.65. The largest absolute Gasteiger partial charge is 0.410 e. The maximum Gasteiger partial charge on any atom is 0.410 e. The summed E-state index contributed by atoms with van der Waals surface area (Å²) in [6, 6.07) is 0. The number of hydrogen-bond donors (Lipinski definition) is 0. The van der Waals surface area contributed by atoms with Crippen molar-refractivity contribution < 1.29 is 8.85 Å². The number of nitrogens with zero attached hydrogens (tertiary/aromatic N) is 1. The van der Waals surface area contributed by atoms with Gasteiger partial charge >= 0.3 is 8.72 Å². The molecule has 0 heterocycles. The van der Waals surface area contributed by atoms with Crippen molar-refractivity contribution in [3.63, 3.8) is 0 Å². The average Bonchev–Trinajstić information content (AvgIpc) is 2.02. The third kappa shape index (κ3) is 3.30. The molecule has 0 atom stereocenters. The first-order valence-electron chi connectivity index (χ1n) is 4.40. The van der Waals surface area contributed by atoms with Crippen LogP contribution in [0.3, 0.4) is 0 Å². The summed E-state index contributed by atoms with van der Waals surface area (Å²) in [5.41, 5.74) is 0. The Kier molecular flexibility index (Phi) is 5.64. The van der Waals surface area contributed by atoms with Crippen molar-refractivity contribution in [2.45, 2.75) is 32.7 Å². The first-order chi connectivity index (χ1) is 5.89. The second kappa shape index (κ2) is 5.42. The lowest BCUT2D eigenvalue weighted by atomic mass is 11.8. The Balaban J connectivity index is 4.69. The van der Waals surface area contributed by atoms with Gasteiger partial charge in [-0.3, -0.25) is 0 Å². The zero-order valence-electron chi connectivity index (χ0n) is 9.76. The third-order valence-electron chi connectivity index (χ3n) is 2.06. The predicted molar refractivity (Wildman–Crippen MR) is 62.4 cm³/mol. The highest BCUT2D eigenvalue weighted by Crippen LogP contribution is 2.15. The molecule has 78 valence electrons. The van der Waals surface area contributed by atoms with E-state index in [1.807, 2.05) is 0 Å². The summed E-state index contributed by atoms with van der Waals surface area (Å²) < 4.78 is 13.7. The van der Waals surface area contributed by atoms with Crippen LogP contribution >= 0.6 is 0 Å². The molecule has 0 unspecified atom stereocenters. The van der Waals surface area contributed by atoms with Gasteiger partial charge in [0.1, 0.15) is 17.9 Å². The van der Waals surface area contributed by atoms with Gasteiger partial charge in [0.15, 0.2) is 0 Å². The summed E-state index contributed by atoms with van der Waals surface area (Å²) in [4.78, 5) is 0. The van der Waals surface area contributed by atoms with Gasteiger partial charge < -0.3 is 12.7 Å². The Morgan fingerprint density at radius 3 is 1.31 bits per heavy atom. The fraction of sp³-hybridized carbons (Fsp3) is 1.00. The zero-order chi connectivity index (χ0) is 10.6. The summed E-state index contributed by atoms with van der Waals surface area (Å²) in [6.07, 6.45) is 0. The minimum atomic E-state index is -2.03. The van der Waals surface area contributed by atoms with Crippen molar-refractivity contribution in [3.05, 3.63) is 0 Å². The molecule has 0 N–H and O–H groups in total. The summed E-state index contributed by atoms with van der Waals surface area (Å²) in [7, 11) is 0.569. The monoisotopic (exact) mass is 235 g/mol. The Hall–Kier alpha value is 0.531. The highest BCUT2D eigenvalue weighted by atomic mass is 28.5. The van der Waals surface area contributed by atoms with Crippen molar-refractivity contribution in [1.29, 1.82) is 0 Å². The smallest absolute Gasteiger partial charge is 0.387 e. The van der Waals surface area contributed by atoms with Gasteiger partial charge in [0, 0.05) is 14.2 Å². The van der Waals surface area contributed by atoms with Crippen LogP contribution < -0.4 is 0 Å². The van der Waals surface area contributed by atoms with Crippen molar-refractivity contribution in [1.82, 2.24) is 3.90 Å². The van der Waals surface area contributed by atoms with E-state index < -0.39 is 26.6 Å². The lowest BCUT2D eigenvalue weighted by molar-refractivity contribution is 0.224. The second-order valence-electron chi connectivity index (χ2n) is 3.54. The first kappa shape index (κ1) is 13.5. The van der Waals surface area contributed by atoms with Crippen LogP contribution in [-0.2, 0) is 8.85 Å². The molecule has 0 saturated heterocycles. The summed E-state index contributed by atoms with van der Waals surface area (Å²) in [5, 5.41) is 0. The van der Waals surface area contributed by atoms with Gasteiger partial charge in [0.25, 0.3) is 0 Å². The molecule has 0 spiro atoms. The molecule has 0 aromatic heterocycles. The maximum absolute atomic E-state index is 5.57. The standard InChI is InChI=1S/C7H21NO2Si3/c1-9-13(7,10-2)8(11(3)4)12(5)6/h1-7H3. The van der Waals surface area contributed by atoms with Crippen LogP contribution in [-0.4, -0.2) is 44.8 Å². The van der Waals surface area contributed by atoms with Gasteiger partial charge in [0.2, 0.25) is 0 Å². The molecule has 0 aliphatic heterocycles. The Labute approximate surface area is 86.7 Å². The van der Waals surface area contributed by atoms with Crippen LogP contribution in [0.5, 0.6) is 0 Å². The van der Waals surface area contributed by atoms with E-state index >= 15 is 0 Å². The molecular formula is C7H21NO2Si3. The molecule has 6 heteroatoms. The number of hydrogen-bond acceptors (Lipinski definition) is 3. The molecule has 0 amide bonds. The lowest BCUT2D eigenvalue weighted by Crippen LogP contribution is -2.63. The minimum Gasteiger partial charge on any atom is -0.387 e. The molecule has 0 aromatic rings. The Bertz CT molecular complexity index is 143. The molecule has 0 aromatic carbocycles. The van der Waals surface area contributed by atoms with Crippen LogP contribution in [0.4, 0.5) is 0 Å². The molecule has 0 aliphatic rings. The van der Waals surface area contributed by atoms with Gasteiger partial charge in [-0.25, -0.2) is 0 Å². The fourth-order valence-electron chi connectivity index (χ4n) is 1.53. The average molecular weight is 236 g/mol. The molecular weight excluding hydrogens is 214 g/mol. The van der Waals surface area contributed by atoms with E-state index in [2.05, 4.69) is 36.6 Å². The number of rotatable bonds is 5. The molecule has 0 fully saturated rings. The van der Waals surface area contributed by atoms with E-state index in [0.717, 1.165) is 0 Å². The van der Waals surface area contributed by atoms with E-state index in [-0.39, 0.29) is 0 Å². The minimum absolute atomic E-state index is 0.463. The third-order valence-corrected chi connectivity index (χ3v) is 14.0. The SMILES string of the molecule is CO[Si](C)(OC)N([Si](C)C)[Si](C)C. The molecule has 0 rings (SSSR count). The zero-order valence-corrected chi connectivity index (χ0v) is 12.8. The summed E-state index contributed by atoms with van der Waals surface area (Å²) >= 11 is 0. The van der Waals surface area contributed by atoms with E-state index in [1.165, 1.54) is 0 Å². The van der Waals surface area contributed by atoms with Gasteiger partial charge in [-0.1, -0.05) is 26.2 Å². The molecule has 0 aliphatic carbocycles. The molecule has 0 bridgehead atoms. The van der Waals surface area contributed by atoms with Crippen LogP contribution in [0.25, 0.3) is 0 Å². The van der Waals surface area contributed by atoms with E-state index in [9.17, 15) is 0 Å². The van der Waals surface area contributed by atoms with Crippen molar-refractivity contribution in [2.24, 2.45) is 0 Å². The van der Waals surface area contributed by atoms with Crippen LogP contribution in [0, 0.1) is 0 Å². The van der Waals surface area contributed by atoms with Gasteiger partial charge in [-0.05, 0) is 6.55 Å². The second-order valence-corrected chi connectivity index (χ2v) is 12.6. The van der Waals surface area contributed by atoms with Crippen molar-refractivity contribution >= 4 is 26.6 Å². The van der Waals surface area contributed by atoms with E-state index in [0.29, 0.717) is 0 Å². The van der Waals surface area contributed by atoms with Gasteiger partial charge in [0.05, 0.1) is 0 Å². The normalized spacial score (nSPS) is 13.4. The van der Waals surface area contributed by atoms with E-state index in [1.54, 1.807) is 14.2 Å². The van der Waals surface area contributed by atoms with Crippen LogP contribution in [0.1, 0.15) is 0 Å². The lowest BCUT2D eigenvalue weighted by Gasteiger charge is -2.40. The Morgan fingerprint density at radius 2 is 1.23 bits per heavy atom. The maximum atomic E-state index is 5.57. The molecule has 3 nitrogen and oxygen atoms in total. The first-order valence-corrected chi connectivity index (χ1v) is 11.6. The van der Waals surface area contributed by atoms with Crippen LogP contribution in [0.2, 0.25) is 32.7 Å². The van der Waals surface area contributed by atoms with E-state index in [4.69, 9.17) is 8.85 Å². The van der Waals surface area contributed by atoms with Crippen molar-refractivity contribution in [2.75, 3.05) is 14.2 Å². The van der Waals surface area contributed by atoms with Crippen LogP contribution in [0.15, 0.2) is 0 Å². The molecule has 13 heavy (non-hydrogen) atoms. The molecule has 0 saturated carbocycles. The molecule has 2 radical (unpaired) electrons. The quantitative estimate of drug-likeness (QED) is 0.677. The Morgan fingerprint density at radius 1 is 0.923 bits per heavy atom. The van der Waals surface area contributed by atoms with Gasteiger partial charge in [-0.2, -0.15) is 0 Å². The fourth-order valence-corrected chi connectivity index (χ4v) is 13.2. The van der Waals surface area contributed by atoms with Gasteiger partial charge in [-0.15, -0.1) is 0 Å². The van der Waals surface area contributed by atoms with Crippen molar-refractivity contribution in [3.8, 4) is 0 Å². The summed E-state index contributed by atoms with van der Waals surface area (Å²) in [6.45, 7) is 11.3.